The Morgan fingerprint density at radius 1 is 0.913 bits per heavy atom. The van der Waals surface area contributed by atoms with Gasteiger partial charge in [-0.05, 0) is 61.7 Å². The summed E-state index contributed by atoms with van der Waals surface area (Å²) in [6, 6.07) is 21.8. The molecule has 3 atom stereocenters. The minimum absolute atomic E-state index is 0.0719. The van der Waals surface area contributed by atoms with Crippen LogP contribution in [-0.4, -0.2) is 69.6 Å². The lowest BCUT2D eigenvalue weighted by atomic mass is 10.1. The molecule has 3 aromatic carbocycles. The Balaban J connectivity index is 1.31. The Labute approximate surface area is 265 Å². The Morgan fingerprint density at radius 3 is 2.17 bits per heavy atom. The number of aromatic nitrogens is 1. The van der Waals surface area contributed by atoms with Crippen LogP contribution in [0.2, 0.25) is 0 Å². The molecule has 2 saturated heterocycles. The second kappa shape index (κ2) is 12.4. The fraction of sp³-hybridized carbons (Fsp3) is 0.314. The maximum atomic E-state index is 14.4. The molecule has 3 heterocycles. The summed E-state index contributed by atoms with van der Waals surface area (Å²) < 4.78 is 27.8. The number of H-pyrrole nitrogens is 1. The first-order chi connectivity index (χ1) is 22.0. The van der Waals surface area contributed by atoms with Gasteiger partial charge in [-0.2, -0.15) is 0 Å². The monoisotopic (exact) mass is 627 g/mol. The van der Waals surface area contributed by atoms with Crippen LogP contribution in [0.4, 0.5) is 20.2 Å². The van der Waals surface area contributed by atoms with Crippen molar-refractivity contribution in [1.29, 1.82) is 0 Å². The standard InChI is InChI=1S/C35H35F2N5O4/c1-22(43)40-18-17-27-14-16-31(34(46)41(25-9-5-3-6-10-25)26-11-7-4-8-12-26)42(27)33(45)30(21-40)39-32(44)29-20-23-19-24(35(2,36)37)13-15-28(23)38-29/h3-13,15,19-20,27,30-31,38H,14,16-18,21H2,1-2H3,(H,39,44)/t27-,30+,31+/m1/s1. The summed E-state index contributed by atoms with van der Waals surface area (Å²) in [5, 5.41) is 3.20. The first-order valence-electron chi connectivity index (χ1n) is 15.3. The number of rotatable bonds is 6. The van der Waals surface area contributed by atoms with Gasteiger partial charge in [0.25, 0.3) is 17.7 Å². The summed E-state index contributed by atoms with van der Waals surface area (Å²) in [7, 11) is 0. The van der Waals surface area contributed by atoms with Crippen molar-refractivity contribution in [3.8, 4) is 0 Å². The number of fused-ring (bicyclic) bond motifs is 2. The number of nitrogens with one attached hydrogen (secondary N) is 2. The predicted octanol–water partition coefficient (Wildman–Crippen LogP) is 5.35. The highest BCUT2D eigenvalue weighted by Crippen LogP contribution is 2.35. The molecular formula is C35H35F2N5O4. The minimum atomic E-state index is -3.05. The van der Waals surface area contributed by atoms with E-state index in [2.05, 4.69) is 10.3 Å². The predicted molar refractivity (Wildman–Crippen MR) is 170 cm³/mol. The molecule has 46 heavy (non-hydrogen) atoms. The summed E-state index contributed by atoms with van der Waals surface area (Å²) in [6.07, 6.45) is 1.50. The minimum Gasteiger partial charge on any atom is -0.351 e. The first kappa shape index (κ1) is 30.9. The Kier molecular flexibility index (Phi) is 8.33. The van der Waals surface area contributed by atoms with E-state index in [9.17, 15) is 28.0 Å². The average Bonchev–Trinajstić information content (AvgIpc) is 3.66. The van der Waals surface area contributed by atoms with E-state index in [1.807, 2.05) is 60.7 Å². The first-order valence-corrected chi connectivity index (χ1v) is 15.3. The van der Waals surface area contributed by atoms with Crippen molar-refractivity contribution in [2.24, 2.45) is 0 Å². The van der Waals surface area contributed by atoms with Crippen LogP contribution in [0.1, 0.15) is 49.2 Å². The van der Waals surface area contributed by atoms with E-state index in [1.54, 1.807) is 9.80 Å². The Bertz CT molecular complexity index is 1730. The van der Waals surface area contributed by atoms with Crippen LogP contribution in [0.25, 0.3) is 10.9 Å². The van der Waals surface area contributed by atoms with Crippen molar-refractivity contribution in [1.82, 2.24) is 20.1 Å². The van der Waals surface area contributed by atoms with Gasteiger partial charge in [0.2, 0.25) is 11.8 Å². The molecule has 9 nitrogen and oxygen atoms in total. The second-order valence-electron chi connectivity index (χ2n) is 12.0. The third-order valence-corrected chi connectivity index (χ3v) is 8.85. The van der Waals surface area contributed by atoms with Crippen LogP contribution in [0.3, 0.4) is 0 Å². The molecule has 11 heteroatoms. The maximum Gasteiger partial charge on any atom is 0.270 e. The van der Waals surface area contributed by atoms with E-state index < -0.39 is 29.8 Å². The molecule has 0 spiro atoms. The molecule has 0 saturated carbocycles. The van der Waals surface area contributed by atoms with E-state index in [0.717, 1.165) is 6.92 Å². The van der Waals surface area contributed by atoms with Crippen LogP contribution in [0.5, 0.6) is 0 Å². The van der Waals surface area contributed by atoms with E-state index in [0.29, 0.717) is 48.1 Å². The van der Waals surface area contributed by atoms with Crippen molar-refractivity contribution in [2.75, 3.05) is 18.0 Å². The van der Waals surface area contributed by atoms with Gasteiger partial charge in [0.1, 0.15) is 17.8 Å². The number of aromatic amines is 1. The maximum absolute atomic E-state index is 14.4. The molecular weight excluding hydrogens is 592 g/mol. The zero-order valence-corrected chi connectivity index (χ0v) is 25.6. The number of amides is 4. The van der Waals surface area contributed by atoms with Crippen molar-refractivity contribution in [3.05, 3.63) is 96.2 Å². The Hall–Kier alpha value is -5.06. The van der Waals surface area contributed by atoms with Crippen molar-refractivity contribution >= 4 is 45.9 Å². The second-order valence-corrected chi connectivity index (χ2v) is 12.0. The third kappa shape index (κ3) is 6.09. The average molecular weight is 628 g/mol. The molecule has 2 aliphatic heterocycles. The highest BCUT2D eigenvalue weighted by molar-refractivity contribution is 6.06. The molecule has 6 rings (SSSR count). The number of anilines is 2. The molecule has 2 N–H and O–H groups in total. The van der Waals surface area contributed by atoms with Crippen molar-refractivity contribution in [2.45, 2.75) is 57.2 Å². The fourth-order valence-corrected chi connectivity index (χ4v) is 6.48. The molecule has 4 aromatic rings. The van der Waals surface area contributed by atoms with Crippen molar-refractivity contribution < 1.29 is 28.0 Å². The van der Waals surface area contributed by atoms with Gasteiger partial charge < -0.3 is 20.1 Å². The highest BCUT2D eigenvalue weighted by atomic mass is 19.3. The third-order valence-electron chi connectivity index (χ3n) is 8.85. The number of hydrogen-bond acceptors (Lipinski definition) is 4. The number of benzene rings is 3. The molecule has 0 bridgehead atoms. The summed E-state index contributed by atoms with van der Waals surface area (Å²) in [5.74, 6) is -4.63. The van der Waals surface area contributed by atoms with Crippen LogP contribution < -0.4 is 10.2 Å². The van der Waals surface area contributed by atoms with Gasteiger partial charge in [0, 0.05) is 60.8 Å². The number of para-hydroxylation sites is 2. The van der Waals surface area contributed by atoms with E-state index in [1.165, 1.54) is 36.1 Å². The molecule has 1 aromatic heterocycles. The lowest BCUT2D eigenvalue weighted by Gasteiger charge is -2.39. The van der Waals surface area contributed by atoms with E-state index >= 15 is 0 Å². The lowest BCUT2D eigenvalue weighted by molar-refractivity contribution is -0.144. The number of nitrogens with zero attached hydrogens (tertiary/aromatic N) is 3. The van der Waals surface area contributed by atoms with Gasteiger partial charge in [-0.15, -0.1) is 0 Å². The van der Waals surface area contributed by atoms with Gasteiger partial charge in [0.05, 0.1) is 0 Å². The van der Waals surface area contributed by atoms with E-state index in [4.69, 9.17) is 0 Å². The largest absolute Gasteiger partial charge is 0.351 e. The topological polar surface area (TPSA) is 106 Å². The number of halogens is 2. The molecule has 4 amide bonds. The van der Waals surface area contributed by atoms with Gasteiger partial charge in [0.15, 0.2) is 0 Å². The fourth-order valence-electron chi connectivity index (χ4n) is 6.48. The molecule has 238 valence electrons. The van der Waals surface area contributed by atoms with Crippen LogP contribution >= 0.6 is 0 Å². The summed E-state index contributed by atoms with van der Waals surface area (Å²) in [6.45, 7) is 2.51. The van der Waals surface area contributed by atoms with Crippen LogP contribution in [0, 0.1) is 0 Å². The zero-order valence-electron chi connectivity index (χ0n) is 25.6. The number of hydrogen-bond donors (Lipinski definition) is 2. The molecule has 2 fully saturated rings. The molecule has 0 aliphatic carbocycles. The van der Waals surface area contributed by atoms with E-state index in [-0.39, 0.29) is 35.7 Å². The van der Waals surface area contributed by atoms with Gasteiger partial charge >= 0.3 is 0 Å². The summed E-state index contributed by atoms with van der Waals surface area (Å²) in [5.41, 5.74) is 1.71. The number of carbonyl (C=O) groups excluding carboxylic acids is 4. The quantitative estimate of drug-likeness (QED) is 0.301. The van der Waals surface area contributed by atoms with Crippen LogP contribution in [0.15, 0.2) is 84.9 Å². The Morgan fingerprint density at radius 2 is 1.57 bits per heavy atom. The molecule has 2 aliphatic rings. The molecule has 0 radical (unpaired) electrons. The number of alkyl halides is 2. The van der Waals surface area contributed by atoms with Gasteiger partial charge in [-0.3, -0.25) is 24.1 Å². The van der Waals surface area contributed by atoms with Crippen LogP contribution in [-0.2, 0) is 20.3 Å². The van der Waals surface area contributed by atoms with Crippen molar-refractivity contribution in [3.63, 3.8) is 0 Å². The normalized spacial score (nSPS) is 20.2. The number of carbonyl (C=O) groups is 4. The summed E-state index contributed by atoms with van der Waals surface area (Å²) >= 11 is 0. The zero-order chi connectivity index (χ0) is 32.6. The summed E-state index contributed by atoms with van der Waals surface area (Å²) in [4.78, 5) is 62.5. The highest BCUT2D eigenvalue weighted by Gasteiger charge is 2.46. The SMILES string of the molecule is CC(=O)N1CC[C@H]2CC[C@@H](C(=O)N(c3ccccc3)c3ccccc3)N2C(=O)[C@@H](NC(=O)c2cc3cc(C(C)(F)F)ccc3[nH]2)C1. The molecule has 0 unspecified atom stereocenters. The van der Waals surface area contributed by atoms with Gasteiger partial charge in [-0.25, -0.2) is 8.78 Å². The smallest absolute Gasteiger partial charge is 0.270 e. The lowest BCUT2D eigenvalue weighted by Crippen LogP contribution is -2.61. The van der Waals surface area contributed by atoms with Gasteiger partial charge in [-0.1, -0.05) is 42.5 Å².